The van der Waals surface area contributed by atoms with Crippen molar-refractivity contribution in [3.63, 3.8) is 0 Å². The van der Waals surface area contributed by atoms with Crippen LogP contribution in [0.4, 0.5) is 17.6 Å². The number of alkyl halides is 3. The Bertz CT molecular complexity index is 414. The van der Waals surface area contributed by atoms with Crippen molar-refractivity contribution in [2.75, 3.05) is 0 Å². The van der Waals surface area contributed by atoms with Gasteiger partial charge in [-0.2, -0.15) is 13.2 Å². The molecule has 0 aromatic carbocycles. The van der Waals surface area contributed by atoms with Crippen LogP contribution in [-0.2, 0) is 0 Å². The lowest BCUT2D eigenvalue weighted by molar-refractivity contribution is -0.165. The molecule has 88 valence electrons. The van der Waals surface area contributed by atoms with Crippen molar-refractivity contribution in [2.24, 2.45) is 5.73 Å². The number of hydrogen-bond donors (Lipinski definition) is 1. The molecule has 0 radical (unpaired) electrons. The third-order valence-electron chi connectivity index (χ3n) is 2.03. The van der Waals surface area contributed by atoms with Gasteiger partial charge in [-0.15, -0.1) is 0 Å². The maximum Gasteiger partial charge on any atom is 0.413 e. The van der Waals surface area contributed by atoms with Gasteiger partial charge in [0.05, 0.1) is 6.20 Å². The van der Waals surface area contributed by atoms with Crippen molar-refractivity contribution in [3.8, 4) is 0 Å². The van der Waals surface area contributed by atoms with Crippen LogP contribution in [0.3, 0.4) is 0 Å². The fourth-order valence-electron chi connectivity index (χ4n) is 0.965. The summed E-state index contributed by atoms with van der Waals surface area (Å²) in [5, 5.41) is 0. The fraction of sp³-hybridized carbons (Fsp3) is 0.333. The molecule has 3 nitrogen and oxygen atoms in total. The average Bonchev–Trinajstić information content (AvgIpc) is 2.14. The topological polar surface area (TPSA) is 56.0 Å². The Labute approximate surface area is 88.3 Å². The first-order valence-corrected chi connectivity index (χ1v) is 4.17. The summed E-state index contributed by atoms with van der Waals surface area (Å²) in [6, 6.07) is 0.659. The zero-order valence-electron chi connectivity index (χ0n) is 8.18. The normalized spacial score (nSPS) is 15.6. The molecule has 0 aliphatic heterocycles. The molecule has 0 saturated carbocycles. The Morgan fingerprint density at radius 3 is 2.38 bits per heavy atom. The maximum absolute atomic E-state index is 12.7. The molecule has 0 aliphatic carbocycles. The lowest BCUT2D eigenvalue weighted by atomic mass is 9.92. The fourth-order valence-corrected chi connectivity index (χ4v) is 0.965. The van der Waals surface area contributed by atoms with Gasteiger partial charge in [0.2, 0.25) is 0 Å². The third-order valence-corrected chi connectivity index (χ3v) is 2.03. The van der Waals surface area contributed by atoms with E-state index in [1.54, 1.807) is 0 Å². The maximum atomic E-state index is 12.7. The molecule has 0 fully saturated rings. The highest BCUT2D eigenvalue weighted by Crippen LogP contribution is 2.30. The zero-order chi connectivity index (χ0) is 12.6. The molecule has 0 saturated heterocycles. The van der Waals surface area contributed by atoms with Crippen LogP contribution in [0.1, 0.15) is 17.3 Å². The van der Waals surface area contributed by atoms with Gasteiger partial charge in [-0.1, -0.05) is 0 Å². The Balaban J connectivity index is 3.12. The van der Waals surface area contributed by atoms with Gasteiger partial charge in [-0.05, 0) is 13.0 Å². The number of ketones is 1. The molecule has 1 atom stereocenters. The summed E-state index contributed by atoms with van der Waals surface area (Å²) in [7, 11) is 0. The van der Waals surface area contributed by atoms with Gasteiger partial charge in [0.1, 0.15) is 5.82 Å². The SMILES string of the molecule is CC(N)(C(=O)c1cncc(F)c1)C(F)(F)F. The van der Waals surface area contributed by atoms with E-state index in [1.165, 1.54) is 0 Å². The van der Waals surface area contributed by atoms with Crippen LogP contribution < -0.4 is 5.73 Å². The number of pyridine rings is 1. The first-order chi connectivity index (χ1) is 7.16. The molecule has 0 spiro atoms. The average molecular weight is 236 g/mol. The standard InChI is InChI=1S/C9H8F4N2O/c1-8(14,9(11,12)13)7(16)5-2-6(10)4-15-3-5/h2-4H,14H2,1H3. The van der Waals surface area contributed by atoms with E-state index in [1.807, 2.05) is 0 Å². The molecule has 1 aromatic heterocycles. The van der Waals surface area contributed by atoms with Crippen molar-refractivity contribution < 1.29 is 22.4 Å². The summed E-state index contributed by atoms with van der Waals surface area (Å²) in [4.78, 5) is 14.7. The molecule has 0 amide bonds. The third kappa shape index (κ3) is 2.19. The number of nitrogens with zero attached hydrogens (tertiary/aromatic N) is 1. The van der Waals surface area contributed by atoms with Gasteiger partial charge >= 0.3 is 6.18 Å². The molecule has 1 rings (SSSR count). The van der Waals surface area contributed by atoms with Gasteiger partial charge in [-0.25, -0.2) is 4.39 Å². The lowest BCUT2D eigenvalue weighted by Crippen LogP contribution is -2.57. The van der Waals surface area contributed by atoms with Crippen molar-refractivity contribution >= 4 is 5.78 Å². The number of carbonyl (C=O) groups is 1. The minimum atomic E-state index is -4.91. The van der Waals surface area contributed by atoms with Gasteiger partial charge in [0.25, 0.3) is 0 Å². The van der Waals surface area contributed by atoms with Crippen LogP contribution in [0.25, 0.3) is 0 Å². The predicted molar refractivity (Wildman–Crippen MR) is 47.2 cm³/mol. The van der Waals surface area contributed by atoms with Crippen LogP contribution in [0, 0.1) is 5.82 Å². The second-order valence-electron chi connectivity index (χ2n) is 3.42. The molecule has 16 heavy (non-hydrogen) atoms. The minimum Gasteiger partial charge on any atom is -0.311 e. The van der Waals surface area contributed by atoms with Gasteiger partial charge in [-0.3, -0.25) is 9.78 Å². The summed E-state index contributed by atoms with van der Waals surface area (Å²) >= 11 is 0. The second kappa shape index (κ2) is 3.82. The Kier molecular flexibility index (Phi) is 3.00. The van der Waals surface area contributed by atoms with E-state index in [2.05, 4.69) is 4.98 Å². The first kappa shape index (κ1) is 12.6. The highest BCUT2D eigenvalue weighted by Gasteiger charge is 2.53. The molecular formula is C9H8F4N2O. The second-order valence-corrected chi connectivity index (χ2v) is 3.42. The summed E-state index contributed by atoms with van der Waals surface area (Å²) in [6.07, 6.45) is -3.29. The Hall–Kier alpha value is -1.50. The van der Waals surface area contributed by atoms with Crippen LogP contribution in [0.2, 0.25) is 0 Å². The molecule has 2 N–H and O–H groups in total. The monoisotopic (exact) mass is 236 g/mol. The summed E-state index contributed by atoms with van der Waals surface area (Å²) in [5.74, 6) is -2.32. The summed E-state index contributed by atoms with van der Waals surface area (Å²) in [5.41, 5.74) is 1.33. The molecule has 1 heterocycles. The molecular weight excluding hydrogens is 228 g/mol. The first-order valence-electron chi connectivity index (χ1n) is 4.17. The number of nitrogens with two attached hydrogens (primary N) is 1. The van der Waals surface area contributed by atoms with E-state index in [9.17, 15) is 22.4 Å². The van der Waals surface area contributed by atoms with Crippen molar-refractivity contribution in [2.45, 2.75) is 18.6 Å². The van der Waals surface area contributed by atoms with Crippen LogP contribution in [0.15, 0.2) is 18.5 Å². The van der Waals surface area contributed by atoms with E-state index >= 15 is 0 Å². The Morgan fingerprint density at radius 2 is 1.94 bits per heavy atom. The van der Waals surface area contributed by atoms with Gasteiger partial charge in [0.15, 0.2) is 11.3 Å². The van der Waals surface area contributed by atoms with Crippen molar-refractivity contribution in [3.05, 3.63) is 29.8 Å². The quantitative estimate of drug-likeness (QED) is 0.627. The number of rotatable bonds is 2. The van der Waals surface area contributed by atoms with Crippen LogP contribution >= 0.6 is 0 Å². The van der Waals surface area contributed by atoms with Crippen molar-refractivity contribution in [1.82, 2.24) is 4.98 Å². The minimum absolute atomic E-state index is 0.512. The molecule has 7 heteroatoms. The number of hydrogen-bond acceptors (Lipinski definition) is 3. The summed E-state index contributed by atoms with van der Waals surface area (Å²) < 4.78 is 49.9. The van der Waals surface area contributed by atoms with Crippen LogP contribution in [-0.4, -0.2) is 22.5 Å². The van der Waals surface area contributed by atoms with Crippen LogP contribution in [0.5, 0.6) is 0 Å². The lowest BCUT2D eigenvalue weighted by Gasteiger charge is -2.25. The highest BCUT2D eigenvalue weighted by molar-refractivity contribution is 6.03. The smallest absolute Gasteiger partial charge is 0.311 e. The predicted octanol–water partition coefficient (Wildman–Crippen LogP) is 1.68. The molecule has 1 aromatic rings. The van der Waals surface area contributed by atoms with E-state index < -0.39 is 28.9 Å². The van der Waals surface area contributed by atoms with Gasteiger partial charge in [0, 0.05) is 11.8 Å². The molecule has 0 bridgehead atoms. The largest absolute Gasteiger partial charge is 0.413 e. The van der Waals surface area contributed by atoms with Gasteiger partial charge < -0.3 is 5.73 Å². The number of halogens is 4. The van der Waals surface area contributed by atoms with E-state index in [0.29, 0.717) is 13.0 Å². The summed E-state index contributed by atoms with van der Waals surface area (Å²) in [6.45, 7) is 0.528. The number of Topliss-reactive ketones (excluding diaryl/α,β-unsaturated/α-hetero) is 1. The zero-order valence-corrected chi connectivity index (χ0v) is 8.18. The molecule has 0 aliphatic rings. The highest BCUT2D eigenvalue weighted by atomic mass is 19.4. The number of carbonyl (C=O) groups excluding carboxylic acids is 1. The van der Waals surface area contributed by atoms with E-state index in [-0.39, 0.29) is 0 Å². The Morgan fingerprint density at radius 1 is 1.38 bits per heavy atom. The van der Waals surface area contributed by atoms with E-state index in [0.717, 1.165) is 12.4 Å². The van der Waals surface area contributed by atoms with E-state index in [4.69, 9.17) is 5.73 Å². The van der Waals surface area contributed by atoms with Crippen molar-refractivity contribution in [1.29, 1.82) is 0 Å². The number of aromatic nitrogens is 1. The molecule has 1 unspecified atom stereocenters.